The Morgan fingerprint density at radius 1 is 1.08 bits per heavy atom. The molecule has 1 saturated heterocycles. The molecule has 3 rings (SSSR count). The number of likely N-dealkylation sites (tertiary alicyclic amines) is 1. The number of hydrogen-bond donors (Lipinski definition) is 1. The third kappa shape index (κ3) is 3.62. The van der Waals surface area contributed by atoms with Crippen LogP contribution in [0.25, 0.3) is 0 Å². The number of anilines is 1. The molecule has 2 aromatic carbocycles. The maximum Gasteiger partial charge on any atom is 0.321 e. The van der Waals surface area contributed by atoms with Crippen molar-refractivity contribution in [2.75, 3.05) is 32.6 Å². The van der Waals surface area contributed by atoms with Gasteiger partial charge in [-0.3, -0.25) is 0 Å². The molecule has 2 aromatic rings. The minimum absolute atomic E-state index is 0.0701. The van der Waals surface area contributed by atoms with Crippen LogP contribution in [-0.4, -0.2) is 38.2 Å². The van der Waals surface area contributed by atoms with Crippen LogP contribution in [-0.2, 0) is 0 Å². The van der Waals surface area contributed by atoms with Crippen LogP contribution in [0.5, 0.6) is 11.5 Å². The topological polar surface area (TPSA) is 50.8 Å². The molecule has 126 valence electrons. The molecule has 1 aliphatic heterocycles. The van der Waals surface area contributed by atoms with Crippen LogP contribution in [0.3, 0.4) is 0 Å². The maximum absolute atomic E-state index is 12.4. The second-order valence-corrected chi connectivity index (χ2v) is 5.87. The van der Waals surface area contributed by atoms with Crippen molar-refractivity contribution in [2.24, 2.45) is 0 Å². The van der Waals surface area contributed by atoms with Crippen molar-refractivity contribution in [3.63, 3.8) is 0 Å². The van der Waals surface area contributed by atoms with Gasteiger partial charge in [0.05, 0.1) is 14.2 Å². The molecule has 0 radical (unpaired) electrons. The number of urea groups is 1. The lowest BCUT2D eigenvalue weighted by Crippen LogP contribution is -2.32. The Hall–Kier alpha value is -2.69. The fourth-order valence-corrected chi connectivity index (χ4v) is 3.00. The predicted octanol–water partition coefficient (Wildman–Crippen LogP) is 3.73. The number of hydrogen-bond acceptors (Lipinski definition) is 3. The van der Waals surface area contributed by atoms with E-state index < -0.39 is 0 Å². The van der Waals surface area contributed by atoms with Gasteiger partial charge in [0.1, 0.15) is 11.5 Å². The van der Waals surface area contributed by atoms with Gasteiger partial charge in [0, 0.05) is 30.8 Å². The lowest BCUT2D eigenvalue weighted by molar-refractivity contribution is 0.222. The number of nitrogens with one attached hydrogen (secondary N) is 1. The summed E-state index contributed by atoms with van der Waals surface area (Å²) >= 11 is 0. The SMILES string of the molecule is COc1ccc(C2CCN(C(=O)Nc3cccc(OC)c3)C2)cc1. The first-order valence-corrected chi connectivity index (χ1v) is 8.03. The molecule has 0 aliphatic carbocycles. The Balaban J connectivity index is 1.60. The maximum atomic E-state index is 12.4. The summed E-state index contributed by atoms with van der Waals surface area (Å²) in [4.78, 5) is 14.3. The summed E-state index contributed by atoms with van der Waals surface area (Å²) in [6, 6.07) is 15.4. The van der Waals surface area contributed by atoms with Crippen molar-refractivity contribution in [3.05, 3.63) is 54.1 Å². The van der Waals surface area contributed by atoms with Crippen molar-refractivity contribution >= 4 is 11.7 Å². The zero-order valence-electron chi connectivity index (χ0n) is 14.0. The largest absolute Gasteiger partial charge is 0.497 e. The zero-order valence-corrected chi connectivity index (χ0v) is 14.0. The molecule has 1 heterocycles. The Labute approximate surface area is 142 Å². The highest BCUT2D eigenvalue weighted by atomic mass is 16.5. The van der Waals surface area contributed by atoms with Gasteiger partial charge in [-0.1, -0.05) is 18.2 Å². The molecule has 0 saturated carbocycles. The summed E-state index contributed by atoms with van der Waals surface area (Å²) < 4.78 is 10.4. The van der Waals surface area contributed by atoms with Crippen molar-refractivity contribution in [1.29, 1.82) is 0 Å². The highest BCUT2D eigenvalue weighted by Gasteiger charge is 2.27. The summed E-state index contributed by atoms with van der Waals surface area (Å²) in [5.74, 6) is 1.95. The monoisotopic (exact) mass is 326 g/mol. The van der Waals surface area contributed by atoms with Gasteiger partial charge in [-0.2, -0.15) is 0 Å². The fraction of sp³-hybridized carbons (Fsp3) is 0.316. The summed E-state index contributed by atoms with van der Waals surface area (Å²) in [6.07, 6.45) is 0.970. The average Bonchev–Trinajstić information content (AvgIpc) is 3.12. The molecular weight excluding hydrogens is 304 g/mol. The zero-order chi connectivity index (χ0) is 16.9. The average molecular weight is 326 g/mol. The van der Waals surface area contributed by atoms with Crippen LogP contribution in [0.4, 0.5) is 10.5 Å². The third-order valence-electron chi connectivity index (χ3n) is 4.38. The van der Waals surface area contributed by atoms with E-state index in [1.165, 1.54) is 5.56 Å². The fourth-order valence-electron chi connectivity index (χ4n) is 3.00. The van der Waals surface area contributed by atoms with Crippen LogP contribution in [0.15, 0.2) is 48.5 Å². The van der Waals surface area contributed by atoms with Crippen molar-refractivity contribution in [2.45, 2.75) is 12.3 Å². The number of carbonyl (C=O) groups excluding carboxylic acids is 1. The van der Waals surface area contributed by atoms with E-state index in [4.69, 9.17) is 9.47 Å². The van der Waals surface area contributed by atoms with E-state index in [0.717, 1.165) is 36.7 Å². The van der Waals surface area contributed by atoms with Gasteiger partial charge < -0.3 is 19.7 Å². The minimum atomic E-state index is -0.0701. The number of methoxy groups -OCH3 is 2. The number of rotatable bonds is 4. The van der Waals surface area contributed by atoms with Crippen molar-refractivity contribution < 1.29 is 14.3 Å². The van der Waals surface area contributed by atoms with Crippen LogP contribution >= 0.6 is 0 Å². The number of nitrogens with zero attached hydrogens (tertiary/aromatic N) is 1. The highest BCUT2D eigenvalue weighted by Crippen LogP contribution is 2.29. The van der Waals surface area contributed by atoms with Gasteiger partial charge >= 0.3 is 6.03 Å². The first-order valence-electron chi connectivity index (χ1n) is 8.03. The standard InChI is InChI=1S/C19H22N2O3/c1-23-17-8-6-14(7-9-17)15-10-11-21(13-15)19(22)20-16-4-3-5-18(12-16)24-2/h3-9,12,15H,10-11,13H2,1-2H3,(H,20,22). The molecule has 0 spiro atoms. The smallest absolute Gasteiger partial charge is 0.321 e. The van der Waals surface area contributed by atoms with Gasteiger partial charge in [0.2, 0.25) is 0 Å². The molecule has 1 fully saturated rings. The molecular formula is C19H22N2O3. The molecule has 1 N–H and O–H groups in total. The van der Waals surface area contributed by atoms with Gasteiger partial charge in [-0.15, -0.1) is 0 Å². The molecule has 5 nitrogen and oxygen atoms in total. The van der Waals surface area contributed by atoms with E-state index in [1.54, 1.807) is 14.2 Å². The van der Waals surface area contributed by atoms with Crippen LogP contribution in [0.2, 0.25) is 0 Å². The molecule has 5 heteroatoms. The number of benzene rings is 2. The van der Waals surface area contributed by atoms with Gasteiger partial charge in [0.15, 0.2) is 0 Å². The lowest BCUT2D eigenvalue weighted by Gasteiger charge is -2.18. The second kappa shape index (κ2) is 7.25. The highest BCUT2D eigenvalue weighted by molar-refractivity contribution is 5.89. The van der Waals surface area contributed by atoms with Gasteiger partial charge in [0.25, 0.3) is 0 Å². The van der Waals surface area contributed by atoms with E-state index in [1.807, 2.05) is 41.3 Å². The van der Waals surface area contributed by atoms with Gasteiger partial charge in [-0.05, 0) is 36.2 Å². The minimum Gasteiger partial charge on any atom is -0.497 e. The molecule has 1 atom stereocenters. The van der Waals surface area contributed by atoms with E-state index >= 15 is 0 Å². The first-order chi connectivity index (χ1) is 11.7. The second-order valence-electron chi connectivity index (χ2n) is 5.87. The van der Waals surface area contributed by atoms with Crippen LogP contribution < -0.4 is 14.8 Å². The number of carbonyl (C=O) groups is 1. The lowest BCUT2D eigenvalue weighted by atomic mass is 9.98. The van der Waals surface area contributed by atoms with Gasteiger partial charge in [-0.25, -0.2) is 4.79 Å². The summed E-state index contributed by atoms with van der Waals surface area (Å²) in [5, 5.41) is 2.94. The molecule has 24 heavy (non-hydrogen) atoms. The Morgan fingerprint density at radius 3 is 2.54 bits per heavy atom. The van der Waals surface area contributed by atoms with E-state index in [-0.39, 0.29) is 6.03 Å². The number of amides is 2. The molecule has 0 bridgehead atoms. The van der Waals surface area contributed by atoms with Crippen LogP contribution in [0, 0.1) is 0 Å². The summed E-state index contributed by atoms with van der Waals surface area (Å²) in [7, 11) is 3.27. The Morgan fingerprint density at radius 2 is 1.83 bits per heavy atom. The van der Waals surface area contributed by atoms with E-state index in [9.17, 15) is 4.79 Å². The number of ether oxygens (including phenoxy) is 2. The van der Waals surface area contributed by atoms with Crippen molar-refractivity contribution in [3.8, 4) is 11.5 Å². The quantitative estimate of drug-likeness (QED) is 0.931. The molecule has 0 aromatic heterocycles. The predicted molar refractivity (Wildman–Crippen MR) is 93.9 cm³/mol. The molecule has 1 unspecified atom stereocenters. The Kier molecular flexibility index (Phi) is 4.89. The first kappa shape index (κ1) is 16.2. The summed E-state index contributed by atoms with van der Waals surface area (Å²) in [5.41, 5.74) is 1.99. The van der Waals surface area contributed by atoms with E-state index in [0.29, 0.717) is 5.92 Å². The summed E-state index contributed by atoms with van der Waals surface area (Å²) in [6.45, 7) is 1.48. The van der Waals surface area contributed by atoms with E-state index in [2.05, 4.69) is 17.4 Å². The van der Waals surface area contributed by atoms with Crippen LogP contribution in [0.1, 0.15) is 17.9 Å². The van der Waals surface area contributed by atoms with Crippen molar-refractivity contribution in [1.82, 2.24) is 4.90 Å². The molecule has 1 aliphatic rings. The Bertz CT molecular complexity index is 700. The normalized spacial score (nSPS) is 16.8. The molecule has 2 amide bonds. The third-order valence-corrected chi connectivity index (χ3v) is 4.38.